The Morgan fingerprint density at radius 2 is 2.00 bits per heavy atom. The van der Waals surface area contributed by atoms with Crippen molar-refractivity contribution >= 4 is 45.0 Å². The van der Waals surface area contributed by atoms with Gasteiger partial charge < -0.3 is 19.3 Å². The maximum Gasteiger partial charge on any atom is 0.338 e. The zero-order valence-electron chi connectivity index (χ0n) is 22.1. The first-order valence-electron chi connectivity index (χ1n) is 12.3. The summed E-state index contributed by atoms with van der Waals surface area (Å²) in [7, 11) is 2.99. The topological polar surface area (TPSA) is 142 Å². The van der Waals surface area contributed by atoms with Gasteiger partial charge in [0.25, 0.3) is 5.56 Å². The summed E-state index contributed by atoms with van der Waals surface area (Å²) in [6.07, 6.45) is 2.49. The molecule has 0 radical (unpaired) electrons. The Hall–Kier alpha value is -3.97. The molecule has 0 unspecified atom stereocenters. The van der Waals surface area contributed by atoms with Crippen LogP contribution in [0.1, 0.15) is 43.9 Å². The molecule has 1 atom stereocenters. The standard InChI is InChI=1S/C27H26BrN3O8S/c1-5-7-18-22(26(34)39-6-2)23(17-13-16(37-3)8-9-20(17)38-4)30-25(33)21(40-27(30)29-18)11-14-10-15(28)12-19(24(14)32)31(35)36/h8-13,23,32H,5-7H2,1-4H3/b21-11-/t23-/m0/s1. The van der Waals surface area contributed by atoms with Crippen LogP contribution in [0, 0.1) is 10.1 Å². The highest BCUT2D eigenvalue weighted by atomic mass is 79.9. The SMILES string of the molecule is CCCC1=C(C(=O)OCC)[C@H](c2cc(OC)ccc2OC)n2c(s/c(=C\c3cc(Br)cc([N+](=O)[O-])c3O)c2=O)=N1. The fourth-order valence-corrected chi connectivity index (χ4v) is 5.94. The molecule has 2 aromatic carbocycles. The predicted molar refractivity (Wildman–Crippen MR) is 152 cm³/mol. The number of phenolic OH excluding ortho intramolecular Hbond substituents is 1. The van der Waals surface area contributed by atoms with E-state index >= 15 is 0 Å². The number of methoxy groups -OCH3 is 2. The predicted octanol–water partition coefficient (Wildman–Crippen LogP) is 3.97. The van der Waals surface area contributed by atoms with Gasteiger partial charge in [0.2, 0.25) is 5.75 Å². The third-order valence-corrected chi connectivity index (χ3v) is 7.63. The molecule has 0 amide bonds. The van der Waals surface area contributed by atoms with E-state index in [9.17, 15) is 24.8 Å². The van der Waals surface area contributed by atoms with Crippen LogP contribution >= 0.6 is 27.3 Å². The molecule has 0 spiro atoms. The molecule has 0 saturated carbocycles. The summed E-state index contributed by atoms with van der Waals surface area (Å²) in [5.41, 5.74) is 0.210. The minimum Gasteiger partial charge on any atom is -0.502 e. The van der Waals surface area contributed by atoms with Gasteiger partial charge in [-0.1, -0.05) is 40.6 Å². The van der Waals surface area contributed by atoms with E-state index in [1.807, 2.05) is 6.92 Å². The summed E-state index contributed by atoms with van der Waals surface area (Å²) in [6.45, 7) is 3.76. The molecule has 1 aromatic heterocycles. The zero-order valence-corrected chi connectivity index (χ0v) is 24.5. The van der Waals surface area contributed by atoms with Crippen molar-refractivity contribution in [2.75, 3.05) is 20.8 Å². The van der Waals surface area contributed by atoms with E-state index in [-0.39, 0.29) is 22.3 Å². The number of nitro groups is 1. The number of hydrogen-bond acceptors (Lipinski definition) is 10. The van der Waals surface area contributed by atoms with Gasteiger partial charge in [0.1, 0.15) is 17.5 Å². The Kier molecular flexibility index (Phi) is 8.74. The van der Waals surface area contributed by atoms with Crippen molar-refractivity contribution in [3.63, 3.8) is 0 Å². The number of thiazole rings is 1. The second-order valence-electron chi connectivity index (χ2n) is 8.64. The highest BCUT2D eigenvalue weighted by molar-refractivity contribution is 9.10. The maximum absolute atomic E-state index is 14.0. The second-order valence-corrected chi connectivity index (χ2v) is 10.6. The van der Waals surface area contributed by atoms with E-state index in [0.29, 0.717) is 44.9 Å². The Labute approximate surface area is 240 Å². The van der Waals surface area contributed by atoms with E-state index in [1.54, 1.807) is 25.1 Å². The molecule has 210 valence electrons. The van der Waals surface area contributed by atoms with E-state index < -0.39 is 33.9 Å². The summed E-state index contributed by atoms with van der Waals surface area (Å²) in [4.78, 5) is 43.1. The average molecular weight is 632 g/mol. The van der Waals surface area contributed by atoms with Crippen LogP contribution in [0.4, 0.5) is 5.69 Å². The lowest BCUT2D eigenvalue weighted by Crippen LogP contribution is -2.40. The number of phenols is 1. The number of aromatic hydroxyl groups is 1. The largest absolute Gasteiger partial charge is 0.502 e. The number of nitrogens with zero attached hydrogens (tertiary/aromatic N) is 3. The summed E-state index contributed by atoms with van der Waals surface area (Å²) in [5.74, 6) is -0.287. The average Bonchev–Trinajstić information content (AvgIpc) is 3.23. The Bertz CT molecular complexity index is 1710. The first kappa shape index (κ1) is 29.0. The monoisotopic (exact) mass is 631 g/mol. The minimum atomic E-state index is -0.963. The van der Waals surface area contributed by atoms with Crippen LogP contribution in [-0.2, 0) is 9.53 Å². The van der Waals surface area contributed by atoms with E-state index in [0.717, 1.165) is 11.3 Å². The Morgan fingerprint density at radius 1 is 1.25 bits per heavy atom. The van der Waals surface area contributed by atoms with Crippen molar-refractivity contribution in [1.29, 1.82) is 0 Å². The molecule has 0 aliphatic carbocycles. The van der Waals surface area contributed by atoms with Crippen molar-refractivity contribution in [2.24, 2.45) is 4.99 Å². The number of aromatic nitrogens is 1. The van der Waals surface area contributed by atoms with Crippen LogP contribution in [0.5, 0.6) is 17.2 Å². The lowest BCUT2D eigenvalue weighted by molar-refractivity contribution is -0.385. The van der Waals surface area contributed by atoms with Crippen molar-refractivity contribution in [2.45, 2.75) is 32.7 Å². The van der Waals surface area contributed by atoms with Gasteiger partial charge in [-0.2, -0.15) is 0 Å². The van der Waals surface area contributed by atoms with Gasteiger partial charge >= 0.3 is 11.7 Å². The van der Waals surface area contributed by atoms with Crippen LogP contribution < -0.4 is 24.4 Å². The number of ether oxygens (including phenoxy) is 3. The molecule has 1 aliphatic rings. The summed E-state index contributed by atoms with van der Waals surface area (Å²) in [5, 5.41) is 22.0. The normalized spacial score (nSPS) is 14.9. The first-order valence-corrected chi connectivity index (χ1v) is 13.9. The lowest BCUT2D eigenvalue weighted by atomic mass is 9.93. The van der Waals surface area contributed by atoms with Crippen LogP contribution in [0.25, 0.3) is 6.08 Å². The number of esters is 1. The molecule has 3 aromatic rings. The minimum absolute atomic E-state index is 0.0697. The Balaban J connectivity index is 2.08. The van der Waals surface area contributed by atoms with Crippen molar-refractivity contribution < 1.29 is 29.0 Å². The van der Waals surface area contributed by atoms with Gasteiger partial charge in [-0.15, -0.1) is 0 Å². The van der Waals surface area contributed by atoms with E-state index in [4.69, 9.17) is 19.2 Å². The lowest BCUT2D eigenvalue weighted by Gasteiger charge is -2.27. The smallest absolute Gasteiger partial charge is 0.338 e. The van der Waals surface area contributed by atoms with Gasteiger partial charge in [0.15, 0.2) is 4.80 Å². The molecular weight excluding hydrogens is 606 g/mol. The molecule has 0 fully saturated rings. The van der Waals surface area contributed by atoms with Gasteiger partial charge in [0, 0.05) is 21.7 Å². The van der Waals surface area contributed by atoms with E-state index in [2.05, 4.69) is 15.9 Å². The molecule has 1 N–H and O–H groups in total. The highest BCUT2D eigenvalue weighted by Crippen LogP contribution is 2.39. The summed E-state index contributed by atoms with van der Waals surface area (Å²) >= 11 is 4.26. The van der Waals surface area contributed by atoms with Gasteiger partial charge in [-0.05, 0) is 43.7 Å². The molecule has 0 saturated heterocycles. The van der Waals surface area contributed by atoms with Gasteiger partial charge in [-0.3, -0.25) is 19.5 Å². The molecule has 11 nitrogen and oxygen atoms in total. The molecule has 0 bridgehead atoms. The zero-order chi connectivity index (χ0) is 29.1. The summed E-state index contributed by atoms with van der Waals surface area (Å²) in [6, 6.07) is 6.76. The summed E-state index contributed by atoms with van der Waals surface area (Å²) < 4.78 is 18.3. The number of fused-ring (bicyclic) bond motifs is 1. The number of rotatable bonds is 9. The maximum atomic E-state index is 14.0. The van der Waals surface area contributed by atoms with Crippen molar-refractivity contribution in [3.05, 3.63) is 87.0 Å². The van der Waals surface area contributed by atoms with Gasteiger partial charge in [0.05, 0.1) is 41.6 Å². The number of halogens is 1. The number of hydrogen-bond donors (Lipinski definition) is 1. The molecular formula is C27H26BrN3O8S. The molecule has 4 rings (SSSR count). The molecule has 13 heteroatoms. The first-order chi connectivity index (χ1) is 19.1. The molecule has 2 heterocycles. The quantitative estimate of drug-likeness (QED) is 0.212. The van der Waals surface area contributed by atoms with Crippen molar-refractivity contribution in [1.82, 2.24) is 4.57 Å². The van der Waals surface area contributed by atoms with E-state index in [1.165, 1.54) is 37.0 Å². The number of carbonyl (C=O) groups excluding carboxylic acids is 1. The van der Waals surface area contributed by atoms with Crippen LogP contribution in [-0.4, -0.2) is 41.4 Å². The fraction of sp³-hybridized carbons (Fsp3) is 0.296. The Morgan fingerprint density at radius 3 is 2.62 bits per heavy atom. The fourth-order valence-electron chi connectivity index (χ4n) is 4.46. The van der Waals surface area contributed by atoms with Crippen LogP contribution in [0.3, 0.4) is 0 Å². The third-order valence-electron chi connectivity index (χ3n) is 6.19. The number of benzene rings is 2. The number of nitro benzene ring substituents is 1. The van der Waals surface area contributed by atoms with Crippen molar-refractivity contribution in [3.8, 4) is 17.2 Å². The number of carbonyl (C=O) groups is 1. The molecule has 40 heavy (non-hydrogen) atoms. The third kappa shape index (κ3) is 5.39. The number of allylic oxidation sites excluding steroid dienone is 1. The molecule has 1 aliphatic heterocycles. The van der Waals surface area contributed by atoms with Crippen LogP contribution in [0.15, 0.2) is 55.9 Å². The second kappa shape index (κ2) is 12.0. The van der Waals surface area contributed by atoms with Gasteiger partial charge in [-0.25, -0.2) is 9.79 Å². The van der Waals surface area contributed by atoms with Crippen LogP contribution in [0.2, 0.25) is 0 Å². The highest BCUT2D eigenvalue weighted by Gasteiger charge is 2.36.